The molecule has 0 spiro atoms. The number of carbonyl (C=O) groups is 1. The molecule has 2 aromatic rings. The van der Waals surface area contributed by atoms with Gasteiger partial charge in [0.15, 0.2) is 11.5 Å². The summed E-state index contributed by atoms with van der Waals surface area (Å²) in [4.78, 5) is 25.0. The Morgan fingerprint density at radius 1 is 1.00 bits per heavy atom. The fourth-order valence-corrected chi connectivity index (χ4v) is 3.50. The lowest BCUT2D eigenvalue weighted by molar-refractivity contribution is -0.122. The number of rotatable bonds is 6. The van der Waals surface area contributed by atoms with Gasteiger partial charge in [0.05, 0.1) is 27.2 Å². The number of nitrogens with one attached hydrogen (secondary N) is 3. The van der Waals surface area contributed by atoms with Crippen molar-refractivity contribution in [3.05, 3.63) is 39.3 Å². The van der Waals surface area contributed by atoms with Crippen molar-refractivity contribution in [2.24, 2.45) is 11.0 Å². The molecule has 1 aliphatic rings. The third kappa shape index (κ3) is 3.05. The number of hydrogen-bond acceptors (Lipinski definition) is 6. The van der Waals surface area contributed by atoms with Crippen molar-refractivity contribution in [1.82, 2.24) is 15.6 Å². The molecular formula is C18H22N4O5. The number of methoxy groups -OCH3 is 3. The van der Waals surface area contributed by atoms with Crippen LogP contribution in [0.5, 0.6) is 17.2 Å². The van der Waals surface area contributed by atoms with E-state index in [0.717, 1.165) is 0 Å². The van der Waals surface area contributed by atoms with Crippen LogP contribution in [0.1, 0.15) is 29.7 Å². The molecule has 0 aliphatic carbocycles. The van der Waals surface area contributed by atoms with Gasteiger partial charge in [-0.15, -0.1) is 0 Å². The minimum absolute atomic E-state index is 0.272. The van der Waals surface area contributed by atoms with Crippen molar-refractivity contribution >= 4 is 11.6 Å². The average Bonchev–Trinajstić information content (AvgIpc) is 3.17. The molecule has 1 aromatic heterocycles. The molecule has 0 saturated heterocycles. The van der Waals surface area contributed by atoms with Gasteiger partial charge in [-0.3, -0.25) is 14.7 Å². The van der Waals surface area contributed by atoms with Gasteiger partial charge in [-0.05, 0) is 31.5 Å². The van der Waals surface area contributed by atoms with Gasteiger partial charge in [0.2, 0.25) is 11.7 Å². The van der Waals surface area contributed by atoms with E-state index < -0.39 is 11.8 Å². The normalized spacial score (nSPS) is 17.3. The average molecular weight is 374 g/mol. The molecule has 0 unspecified atom stereocenters. The van der Waals surface area contributed by atoms with Crippen molar-refractivity contribution in [2.45, 2.75) is 19.8 Å². The Morgan fingerprint density at radius 2 is 1.63 bits per heavy atom. The number of nitrogens with zero attached hydrogens (tertiary/aromatic N) is 1. The first-order valence-electron chi connectivity index (χ1n) is 8.34. The molecule has 1 amide bonds. The van der Waals surface area contributed by atoms with Crippen LogP contribution >= 0.6 is 0 Å². The van der Waals surface area contributed by atoms with Crippen LogP contribution in [0.3, 0.4) is 0 Å². The highest BCUT2D eigenvalue weighted by molar-refractivity contribution is 6.08. The van der Waals surface area contributed by atoms with Crippen LogP contribution in [0.2, 0.25) is 0 Å². The van der Waals surface area contributed by atoms with Crippen LogP contribution in [0.4, 0.5) is 0 Å². The van der Waals surface area contributed by atoms with Gasteiger partial charge in [0, 0.05) is 22.9 Å². The third-order valence-corrected chi connectivity index (χ3v) is 4.78. The molecule has 0 bridgehead atoms. The van der Waals surface area contributed by atoms with Crippen LogP contribution in [-0.4, -0.2) is 43.1 Å². The third-order valence-electron chi connectivity index (χ3n) is 4.78. The first kappa shape index (κ1) is 18.6. The predicted octanol–water partition coefficient (Wildman–Crippen LogP) is 1.29. The molecule has 144 valence electrons. The summed E-state index contributed by atoms with van der Waals surface area (Å²) in [5, 5.41) is 9.45. The van der Waals surface area contributed by atoms with Crippen molar-refractivity contribution in [2.75, 3.05) is 21.3 Å². The Labute approximate surface area is 155 Å². The molecule has 2 heterocycles. The number of benzene rings is 1. The second-order valence-electron chi connectivity index (χ2n) is 6.26. The summed E-state index contributed by atoms with van der Waals surface area (Å²) in [7, 11) is 4.54. The van der Waals surface area contributed by atoms with Crippen molar-refractivity contribution in [3.63, 3.8) is 0 Å². The minimum Gasteiger partial charge on any atom is -0.493 e. The molecule has 0 radical (unpaired) electrons. The maximum Gasteiger partial charge on any atom is 0.267 e. The monoisotopic (exact) mass is 374 g/mol. The molecule has 3 N–H and O–H groups in total. The molecule has 0 saturated carbocycles. The molecule has 3 rings (SSSR count). The van der Waals surface area contributed by atoms with Gasteiger partial charge in [0.1, 0.15) is 0 Å². The lowest BCUT2D eigenvalue weighted by Crippen LogP contribution is -2.31. The summed E-state index contributed by atoms with van der Waals surface area (Å²) in [5.74, 6) is -0.179. The number of aromatic amines is 2. The number of aromatic nitrogens is 2. The van der Waals surface area contributed by atoms with Gasteiger partial charge < -0.3 is 19.3 Å². The highest BCUT2D eigenvalue weighted by Crippen LogP contribution is 2.43. The van der Waals surface area contributed by atoms with Gasteiger partial charge in [-0.1, -0.05) is 0 Å². The summed E-state index contributed by atoms with van der Waals surface area (Å²) >= 11 is 0. The van der Waals surface area contributed by atoms with Crippen LogP contribution in [0.15, 0.2) is 22.0 Å². The second kappa shape index (κ2) is 7.18. The molecule has 27 heavy (non-hydrogen) atoms. The van der Waals surface area contributed by atoms with E-state index in [1.54, 1.807) is 26.0 Å². The number of hydrogen-bond donors (Lipinski definition) is 3. The number of amides is 1. The van der Waals surface area contributed by atoms with Crippen molar-refractivity contribution < 1.29 is 19.0 Å². The standard InChI is InChI=1S/C18H22N4O5/c1-8-13(17(23)21-19-8)15(14-9(2)20-22-18(14)24)10-6-11(25-3)16(27-5)12(7-10)26-4/h6-7,13,15H,1-5H3,(H,21,23)(H2,20,22,24)/t13-,15+/m1/s1. The molecule has 1 aliphatic heterocycles. The molecule has 2 atom stereocenters. The highest BCUT2D eigenvalue weighted by atomic mass is 16.5. The Kier molecular flexibility index (Phi) is 4.93. The predicted molar refractivity (Wildman–Crippen MR) is 98.8 cm³/mol. The SMILES string of the molecule is COc1cc([C@H](c2c(C)[nH][nH]c2=O)[C@@H]2C(=O)NN=C2C)cc(OC)c1OC. The van der Waals surface area contributed by atoms with E-state index >= 15 is 0 Å². The number of carbonyl (C=O) groups excluding carboxylic acids is 1. The van der Waals surface area contributed by atoms with Crippen LogP contribution in [0.25, 0.3) is 0 Å². The van der Waals surface area contributed by atoms with Gasteiger partial charge in [-0.25, -0.2) is 5.43 Å². The maximum absolute atomic E-state index is 12.5. The van der Waals surface area contributed by atoms with Crippen molar-refractivity contribution in [1.29, 1.82) is 0 Å². The van der Waals surface area contributed by atoms with E-state index in [1.807, 2.05) is 0 Å². The summed E-state index contributed by atoms with van der Waals surface area (Å²) < 4.78 is 16.2. The number of hydrazone groups is 1. The Morgan fingerprint density at radius 3 is 2.04 bits per heavy atom. The van der Waals surface area contributed by atoms with E-state index in [2.05, 4.69) is 20.7 Å². The first-order valence-corrected chi connectivity index (χ1v) is 8.34. The zero-order chi connectivity index (χ0) is 19.7. The number of ether oxygens (including phenoxy) is 3. The highest BCUT2D eigenvalue weighted by Gasteiger charge is 2.40. The Bertz CT molecular complexity index is 934. The summed E-state index contributed by atoms with van der Waals surface area (Å²) in [6.45, 7) is 3.53. The van der Waals surface area contributed by atoms with Crippen LogP contribution in [0, 0.1) is 12.8 Å². The molecule has 1 aromatic carbocycles. The number of aryl methyl sites for hydroxylation is 1. The quantitative estimate of drug-likeness (QED) is 0.704. The first-order chi connectivity index (χ1) is 12.9. The summed E-state index contributed by atoms with van der Waals surface area (Å²) in [5.41, 5.74) is 4.57. The second-order valence-corrected chi connectivity index (χ2v) is 6.26. The Balaban J connectivity index is 2.28. The van der Waals surface area contributed by atoms with Crippen LogP contribution in [-0.2, 0) is 4.79 Å². The van der Waals surface area contributed by atoms with Crippen molar-refractivity contribution in [3.8, 4) is 17.2 Å². The largest absolute Gasteiger partial charge is 0.493 e. The zero-order valence-corrected chi connectivity index (χ0v) is 15.8. The smallest absolute Gasteiger partial charge is 0.267 e. The fraction of sp³-hybridized carbons (Fsp3) is 0.389. The molecule has 0 fully saturated rings. The maximum atomic E-state index is 12.5. The van der Waals surface area contributed by atoms with E-state index in [-0.39, 0.29) is 11.5 Å². The lowest BCUT2D eigenvalue weighted by atomic mass is 9.78. The topological polar surface area (TPSA) is 118 Å². The number of H-pyrrole nitrogens is 2. The molecule has 9 nitrogen and oxygen atoms in total. The molecule has 9 heteroatoms. The van der Waals surface area contributed by atoms with Gasteiger partial charge in [0.25, 0.3) is 5.56 Å². The van der Waals surface area contributed by atoms with Gasteiger partial charge >= 0.3 is 0 Å². The fourth-order valence-electron chi connectivity index (χ4n) is 3.50. The molecular weight excluding hydrogens is 352 g/mol. The van der Waals surface area contributed by atoms with E-state index in [9.17, 15) is 9.59 Å². The summed E-state index contributed by atoms with van der Waals surface area (Å²) in [6.07, 6.45) is 0. The van der Waals surface area contributed by atoms with E-state index in [0.29, 0.717) is 39.8 Å². The summed E-state index contributed by atoms with van der Waals surface area (Å²) in [6, 6.07) is 3.49. The van der Waals surface area contributed by atoms with Gasteiger partial charge in [-0.2, -0.15) is 5.10 Å². The minimum atomic E-state index is -0.636. The lowest BCUT2D eigenvalue weighted by Gasteiger charge is -2.24. The van der Waals surface area contributed by atoms with Crippen LogP contribution < -0.4 is 25.2 Å². The van der Waals surface area contributed by atoms with E-state index in [1.165, 1.54) is 21.3 Å². The Hall–Kier alpha value is -3.23. The zero-order valence-electron chi connectivity index (χ0n) is 15.8. The van der Waals surface area contributed by atoms with E-state index in [4.69, 9.17) is 14.2 Å².